The first kappa shape index (κ1) is 19.5. The summed E-state index contributed by atoms with van der Waals surface area (Å²) in [6.45, 7) is 8.86. The van der Waals surface area contributed by atoms with Gasteiger partial charge in [-0.15, -0.1) is 0 Å². The molecule has 1 aliphatic rings. The van der Waals surface area contributed by atoms with Crippen LogP contribution in [-0.2, 0) is 11.2 Å². The molecule has 0 amide bonds. The summed E-state index contributed by atoms with van der Waals surface area (Å²) in [6, 6.07) is 5.89. The Hall–Kier alpha value is -2.25. The lowest BCUT2D eigenvalue weighted by molar-refractivity contribution is 0.0394. The van der Waals surface area contributed by atoms with Crippen LogP contribution in [0.15, 0.2) is 34.1 Å². The van der Waals surface area contributed by atoms with Crippen molar-refractivity contribution in [1.29, 1.82) is 0 Å². The Bertz CT molecular complexity index is 833. The molecule has 0 bridgehead atoms. The highest BCUT2D eigenvalue weighted by Gasteiger charge is 2.17. The molecule has 2 aromatic rings. The average molecular weight is 374 g/mol. The Kier molecular flexibility index (Phi) is 6.58. The highest BCUT2D eigenvalue weighted by atomic mass is 19.1. The molecule has 0 aliphatic carbocycles. The minimum absolute atomic E-state index is 0.141. The van der Waals surface area contributed by atoms with E-state index in [4.69, 9.17) is 4.74 Å². The molecule has 1 saturated heterocycles. The van der Waals surface area contributed by atoms with Gasteiger partial charge in [0.1, 0.15) is 5.82 Å². The third kappa shape index (κ3) is 4.73. The first-order valence-electron chi connectivity index (χ1n) is 9.51. The number of aliphatic imine (C=N–C) groups is 1. The lowest BCUT2D eigenvalue weighted by atomic mass is 10.1. The van der Waals surface area contributed by atoms with Gasteiger partial charge in [-0.05, 0) is 37.6 Å². The van der Waals surface area contributed by atoms with E-state index in [9.17, 15) is 9.18 Å². The molecule has 0 radical (unpaired) electrons. The number of halogens is 1. The lowest BCUT2D eigenvalue weighted by Crippen LogP contribution is -2.37. The van der Waals surface area contributed by atoms with Crippen molar-refractivity contribution < 1.29 is 9.13 Å². The molecule has 0 atom stereocenters. The molecule has 27 heavy (non-hydrogen) atoms. The van der Waals surface area contributed by atoms with Gasteiger partial charge in [-0.25, -0.2) is 9.07 Å². The van der Waals surface area contributed by atoms with E-state index >= 15 is 0 Å². The van der Waals surface area contributed by atoms with E-state index in [2.05, 4.69) is 21.9 Å². The number of nitrogens with zero attached hydrogens (tertiary/aromatic N) is 3. The third-order valence-corrected chi connectivity index (χ3v) is 4.78. The number of benzene rings is 1. The van der Waals surface area contributed by atoms with Crippen LogP contribution in [0.25, 0.3) is 5.69 Å². The van der Waals surface area contributed by atoms with Crippen molar-refractivity contribution in [3.8, 4) is 5.69 Å². The fourth-order valence-corrected chi connectivity index (χ4v) is 3.32. The van der Waals surface area contributed by atoms with Crippen LogP contribution in [0.5, 0.6) is 0 Å². The molecule has 1 N–H and O–H groups in total. The van der Waals surface area contributed by atoms with Crippen LogP contribution in [0, 0.1) is 5.82 Å². The first-order chi connectivity index (χ1) is 13.1. The summed E-state index contributed by atoms with van der Waals surface area (Å²) in [5.41, 5.74) is 2.72. The van der Waals surface area contributed by atoms with E-state index in [0.29, 0.717) is 17.8 Å². The molecule has 6 nitrogen and oxygen atoms in total. The molecule has 1 fully saturated rings. The number of ether oxygens (including phenoxy) is 1. The highest BCUT2D eigenvalue weighted by molar-refractivity contribution is 5.99. The summed E-state index contributed by atoms with van der Waals surface area (Å²) in [5, 5.41) is 3.18. The maximum absolute atomic E-state index is 13.2. The smallest absolute Gasteiger partial charge is 0.280 e. The Morgan fingerprint density at radius 1 is 1.26 bits per heavy atom. The topological polar surface area (TPSA) is 62.6 Å². The van der Waals surface area contributed by atoms with Gasteiger partial charge in [0.25, 0.3) is 5.56 Å². The third-order valence-electron chi connectivity index (χ3n) is 4.78. The van der Waals surface area contributed by atoms with Gasteiger partial charge in [-0.1, -0.05) is 13.3 Å². The number of hydrogen-bond donors (Lipinski definition) is 1. The van der Waals surface area contributed by atoms with Crippen LogP contribution in [0.3, 0.4) is 0 Å². The second-order valence-corrected chi connectivity index (χ2v) is 6.75. The first-order valence-corrected chi connectivity index (χ1v) is 9.51. The number of nitrogens with one attached hydrogen (secondary N) is 1. The average Bonchev–Trinajstić information content (AvgIpc) is 3.00. The Morgan fingerprint density at radius 2 is 1.96 bits per heavy atom. The lowest BCUT2D eigenvalue weighted by Gasteiger charge is -2.25. The van der Waals surface area contributed by atoms with Crippen LogP contribution in [0.2, 0.25) is 0 Å². The molecule has 3 rings (SSSR count). The quantitative estimate of drug-likeness (QED) is 0.757. The number of aromatic nitrogens is 2. The maximum atomic E-state index is 13.2. The van der Waals surface area contributed by atoms with Crippen molar-refractivity contribution >= 4 is 5.71 Å². The van der Waals surface area contributed by atoms with Gasteiger partial charge in [0.05, 0.1) is 31.0 Å². The molecule has 0 unspecified atom stereocenters. The van der Waals surface area contributed by atoms with Gasteiger partial charge in [-0.3, -0.25) is 19.8 Å². The van der Waals surface area contributed by atoms with Crippen molar-refractivity contribution in [3.63, 3.8) is 0 Å². The van der Waals surface area contributed by atoms with Crippen LogP contribution in [0.4, 0.5) is 4.39 Å². The highest BCUT2D eigenvalue weighted by Crippen LogP contribution is 2.12. The number of hydrogen-bond acceptors (Lipinski definition) is 4. The largest absolute Gasteiger partial charge is 0.379 e. The van der Waals surface area contributed by atoms with Gasteiger partial charge in [0.2, 0.25) is 0 Å². The second kappa shape index (κ2) is 9.10. The zero-order valence-corrected chi connectivity index (χ0v) is 16.0. The minimum atomic E-state index is -0.326. The molecule has 0 saturated carbocycles. The summed E-state index contributed by atoms with van der Waals surface area (Å²) >= 11 is 0. The van der Waals surface area contributed by atoms with Crippen molar-refractivity contribution in [1.82, 2.24) is 14.7 Å². The van der Waals surface area contributed by atoms with Crippen LogP contribution < -0.4 is 5.56 Å². The predicted octanol–water partition coefficient (Wildman–Crippen LogP) is 2.40. The summed E-state index contributed by atoms with van der Waals surface area (Å²) < 4.78 is 20.0. The van der Waals surface area contributed by atoms with Crippen LogP contribution in [-0.4, -0.2) is 59.8 Å². The summed E-state index contributed by atoms with van der Waals surface area (Å²) in [5.74, 6) is -0.326. The number of aromatic amines is 1. The fraction of sp³-hybridized carbons (Fsp3) is 0.500. The Labute approximate surface area is 158 Å². The van der Waals surface area contributed by atoms with E-state index in [1.54, 1.807) is 12.1 Å². The van der Waals surface area contributed by atoms with Crippen molar-refractivity contribution in [3.05, 3.63) is 51.7 Å². The Morgan fingerprint density at radius 3 is 2.63 bits per heavy atom. The van der Waals surface area contributed by atoms with Gasteiger partial charge >= 0.3 is 0 Å². The Balaban J connectivity index is 1.82. The van der Waals surface area contributed by atoms with Gasteiger partial charge in [-0.2, -0.15) is 0 Å². The number of rotatable bonds is 7. The molecule has 1 aromatic heterocycles. The van der Waals surface area contributed by atoms with E-state index in [1.807, 2.05) is 6.92 Å². The number of H-pyrrole nitrogens is 1. The molecule has 7 heteroatoms. The molecule has 2 heterocycles. The zero-order valence-electron chi connectivity index (χ0n) is 16.0. The SMILES string of the molecule is CCCc1[nH]n(-c2ccc(F)cc2)c(=O)c1C(C)=NCCN1CCOCC1. The van der Waals surface area contributed by atoms with E-state index < -0.39 is 0 Å². The minimum Gasteiger partial charge on any atom is -0.379 e. The zero-order chi connectivity index (χ0) is 19.2. The molecule has 146 valence electrons. The standard InChI is InChI=1S/C20H27FN4O2/c1-3-4-18-19(15(2)22-9-10-24-11-13-27-14-12-24)20(26)25(23-18)17-7-5-16(21)6-8-17/h5-8,23H,3-4,9-14H2,1-2H3. The molecular formula is C20H27FN4O2. The van der Waals surface area contributed by atoms with Gasteiger partial charge in [0, 0.05) is 31.0 Å². The maximum Gasteiger partial charge on any atom is 0.280 e. The molecular weight excluding hydrogens is 347 g/mol. The summed E-state index contributed by atoms with van der Waals surface area (Å²) in [6.07, 6.45) is 1.67. The van der Waals surface area contributed by atoms with Gasteiger partial charge < -0.3 is 4.74 Å². The summed E-state index contributed by atoms with van der Waals surface area (Å²) in [4.78, 5) is 20.0. The van der Waals surface area contributed by atoms with Crippen LogP contribution in [0.1, 0.15) is 31.5 Å². The number of aryl methyl sites for hydroxylation is 1. The van der Waals surface area contributed by atoms with Crippen molar-refractivity contribution in [2.45, 2.75) is 26.7 Å². The van der Waals surface area contributed by atoms with E-state index in [0.717, 1.165) is 57.1 Å². The second-order valence-electron chi connectivity index (χ2n) is 6.75. The van der Waals surface area contributed by atoms with Crippen molar-refractivity contribution in [2.75, 3.05) is 39.4 Å². The van der Waals surface area contributed by atoms with E-state index in [-0.39, 0.29) is 11.4 Å². The van der Waals surface area contributed by atoms with Crippen molar-refractivity contribution in [2.24, 2.45) is 4.99 Å². The fourth-order valence-electron chi connectivity index (χ4n) is 3.32. The molecule has 1 aliphatic heterocycles. The monoisotopic (exact) mass is 374 g/mol. The molecule has 1 aromatic carbocycles. The number of morpholine rings is 1. The van der Waals surface area contributed by atoms with E-state index in [1.165, 1.54) is 16.8 Å². The van der Waals surface area contributed by atoms with Gasteiger partial charge in [0.15, 0.2) is 0 Å². The summed E-state index contributed by atoms with van der Waals surface area (Å²) in [7, 11) is 0. The van der Waals surface area contributed by atoms with Crippen LogP contribution >= 0.6 is 0 Å². The normalized spacial score (nSPS) is 16.0. The predicted molar refractivity (Wildman–Crippen MR) is 105 cm³/mol. The molecule has 0 spiro atoms.